The van der Waals surface area contributed by atoms with Gasteiger partial charge in [-0.15, -0.1) is 0 Å². The first-order chi connectivity index (χ1) is 9.15. The van der Waals surface area contributed by atoms with Crippen molar-refractivity contribution in [2.24, 2.45) is 0 Å². The first-order valence-corrected chi connectivity index (χ1v) is 5.94. The first-order valence-electron chi connectivity index (χ1n) is 5.94. The summed E-state index contributed by atoms with van der Waals surface area (Å²) in [7, 11) is 0. The van der Waals surface area contributed by atoms with Gasteiger partial charge in [0.05, 0.1) is 5.69 Å². The second-order valence-corrected chi connectivity index (χ2v) is 4.31. The molecular formula is C14H16N4O. The van der Waals surface area contributed by atoms with Crippen LogP contribution in [0.15, 0.2) is 48.7 Å². The molecule has 0 atom stereocenters. The molecule has 0 unspecified atom stereocenters. The molecule has 1 aromatic heterocycles. The van der Waals surface area contributed by atoms with E-state index in [9.17, 15) is 4.79 Å². The number of hydrogen-bond acceptors (Lipinski definition) is 2. The van der Waals surface area contributed by atoms with Crippen molar-refractivity contribution in [1.29, 1.82) is 0 Å². The number of anilines is 1. The Morgan fingerprint density at radius 1 is 1.32 bits per heavy atom. The average molecular weight is 256 g/mol. The van der Waals surface area contributed by atoms with E-state index in [1.54, 1.807) is 6.20 Å². The van der Waals surface area contributed by atoms with Gasteiger partial charge in [0.2, 0.25) is 0 Å². The largest absolute Gasteiger partial charge is 0.334 e. The van der Waals surface area contributed by atoms with Gasteiger partial charge in [-0.25, -0.2) is 4.79 Å². The van der Waals surface area contributed by atoms with E-state index < -0.39 is 0 Å². The molecule has 2 aromatic rings. The van der Waals surface area contributed by atoms with Gasteiger partial charge in [-0.3, -0.25) is 5.10 Å². The molecule has 0 radical (unpaired) electrons. The Kier molecular flexibility index (Phi) is 3.97. The maximum absolute atomic E-state index is 11.6. The van der Waals surface area contributed by atoms with Crippen LogP contribution in [-0.4, -0.2) is 22.8 Å². The maximum Gasteiger partial charge on any atom is 0.319 e. The number of hydrogen-bond donors (Lipinski definition) is 3. The molecule has 2 rings (SSSR count). The summed E-state index contributed by atoms with van der Waals surface area (Å²) in [5.41, 5.74) is 3.61. The number of aromatic nitrogens is 2. The highest BCUT2D eigenvalue weighted by atomic mass is 16.2. The molecule has 5 nitrogen and oxygen atoms in total. The van der Waals surface area contributed by atoms with Crippen LogP contribution in [-0.2, 0) is 0 Å². The normalized spacial score (nSPS) is 9.95. The molecule has 98 valence electrons. The van der Waals surface area contributed by atoms with Gasteiger partial charge in [0.1, 0.15) is 0 Å². The summed E-state index contributed by atoms with van der Waals surface area (Å²) >= 11 is 0. The quantitative estimate of drug-likeness (QED) is 0.736. The van der Waals surface area contributed by atoms with E-state index in [1.165, 1.54) is 0 Å². The molecule has 0 aliphatic carbocycles. The third kappa shape index (κ3) is 3.70. The molecule has 1 heterocycles. The van der Waals surface area contributed by atoms with Gasteiger partial charge in [-0.1, -0.05) is 24.3 Å². The lowest BCUT2D eigenvalue weighted by Gasteiger charge is -2.07. The van der Waals surface area contributed by atoms with Gasteiger partial charge in [-0.2, -0.15) is 5.10 Å². The van der Waals surface area contributed by atoms with Crippen LogP contribution in [0.3, 0.4) is 0 Å². The van der Waals surface area contributed by atoms with E-state index in [0.29, 0.717) is 6.54 Å². The van der Waals surface area contributed by atoms with Crippen LogP contribution in [0.1, 0.15) is 6.92 Å². The third-order valence-electron chi connectivity index (χ3n) is 2.51. The summed E-state index contributed by atoms with van der Waals surface area (Å²) in [5.74, 6) is 0. The van der Waals surface area contributed by atoms with Crippen molar-refractivity contribution in [3.05, 3.63) is 48.7 Å². The molecule has 0 saturated carbocycles. The summed E-state index contributed by atoms with van der Waals surface area (Å²) in [6.45, 7) is 6.05. The predicted octanol–water partition coefficient (Wildman–Crippen LogP) is 2.77. The van der Waals surface area contributed by atoms with Crippen molar-refractivity contribution in [2.45, 2.75) is 6.92 Å². The fraction of sp³-hybridized carbons (Fsp3) is 0.143. The van der Waals surface area contributed by atoms with E-state index in [4.69, 9.17) is 0 Å². The number of nitrogens with one attached hydrogen (secondary N) is 3. The van der Waals surface area contributed by atoms with Crippen molar-refractivity contribution < 1.29 is 4.79 Å². The zero-order chi connectivity index (χ0) is 13.7. The van der Waals surface area contributed by atoms with Crippen molar-refractivity contribution in [1.82, 2.24) is 15.5 Å². The highest BCUT2D eigenvalue weighted by Gasteiger charge is 2.02. The molecule has 0 fully saturated rings. The fourth-order valence-corrected chi connectivity index (χ4v) is 1.56. The van der Waals surface area contributed by atoms with E-state index in [-0.39, 0.29) is 6.03 Å². The lowest BCUT2D eigenvalue weighted by Crippen LogP contribution is -2.29. The third-order valence-corrected chi connectivity index (χ3v) is 2.51. The monoisotopic (exact) mass is 256 g/mol. The number of nitrogens with zero attached hydrogens (tertiary/aromatic N) is 1. The minimum absolute atomic E-state index is 0.239. The van der Waals surface area contributed by atoms with Crippen LogP contribution in [0.25, 0.3) is 11.3 Å². The predicted molar refractivity (Wildman–Crippen MR) is 75.9 cm³/mol. The van der Waals surface area contributed by atoms with Gasteiger partial charge in [0.25, 0.3) is 0 Å². The second kappa shape index (κ2) is 5.86. The Bertz CT molecular complexity index is 558. The number of aromatic amines is 1. The number of carbonyl (C=O) groups excluding carboxylic acids is 1. The van der Waals surface area contributed by atoms with Crippen molar-refractivity contribution in [3.8, 4) is 11.3 Å². The van der Waals surface area contributed by atoms with Crippen molar-refractivity contribution in [3.63, 3.8) is 0 Å². The first kappa shape index (κ1) is 12.9. The van der Waals surface area contributed by atoms with Crippen LogP contribution >= 0.6 is 0 Å². The van der Waals surface area contributed by atoms with Crippen molar-refractivity contribution >= 4 is 11.7 Å². The smallest absolute Gasteiger partial charge is 0.319 e. The minimum atomic E-state index is -0.239. The summed E-state index contributed by atoms with van der Waals surface area (Å²) in [6.07, 6.45) is 1.70. The number of H-pyrrole nitrogens is 1. The fourth-order valence-electron chi connectivity index (χ4n) is 1.56. The molecule has 5 heteroatoms. The SMILES string of the molecule is C=C(C)CNC(=O)Nc1ccc(-c2ccn[nH]2)cc1. The zero-order valence-electron chi connectivity index (χ0n) is 10.7. The number of rotatable bonds is 4. The molecule has 0 spiro atoms. The van der Waals surface area contributed by atoms with Crippen LogP contribution in [0, 0.1) is 0 Å². The number of carbonyl (C=O) groups is 1. The Morgan fingerprint density at radius 2 is 2.05 bits per heavy atom. The van der Waals surface area contributed by atoms with Gasteiger partial charge in [0.15, 0.2) is 0 Å². The molecule has 0 aliphatic rings. The van der Waals surface area contributed by atoms with Crippen LogP contribution in [0.2, 0.25) is 0 Å². The lowest BCUT2D eigenvalue weighted by molar-refractivity contribution is 0.253. The van der Waals surface area contributed by atoms with Gasteiger partial charge in [0, 0.05) is 18.4 Å². The van der Waals surface area contributed by atoms with E-state index in [0.717, 1.165) is 22.5 Å². The maximum atomic E-state index is 11.6. The molecule has 19 heavy (non-hydrogen) atoms. The number of urea groups is 1. The standard InChI is InChI=1S/C14H16N4O/c1-10(2)9-15-14(19)17-12-5-3-11(4-6-12)13-7-8-16-18-13/h3-8H,1,9H2,2H3,(H,16,18)(H2,15,17,19). The highest BCUT2D eigenvalue weighted by Crippen LogP contribution is 2.18. The molecule has 0 bridgehead atoms. The van der Waals surface area contributed by atoms with E-state index in [2.05, 4.69) is 27.4 Å². The molecule has 2 amide bonds. The molecule has 0 aliphatic heterocycles. The van der Waals surface area contributed by atoms with E-state index in [1.807, 2.05) is 37.3 Å². The minimum Gasteiger partial charge on any atom is -0.334 e. The highest BCUT2D eigenvalue weighted by molar-refractivity contribution is 5.89. The Labute approximate surface area is 111 Å². The molecule has 3 N–H and O–H groups in total. The molecular weight excluding hydrogens is 240 g/mol. The summed E-state index contributed by atoms with van der Waals surface area (Å²) in [5, 5.41) is 12.2. The van der Waals surface area contributed by atoms with Gasteiger partial charge >= 0.3 is 6.03 Å². The molecule has 0 saturated heterocycles. The zero-order valence-corrected chi connectivity index (χ0v) is 10.7. The molecule has 1 aromatic carbocycles. The van der Waals surface area contributed by atoms with Crippen LogP contribution in [0.4, 0.5) is 10.5 Å². The average Bonchev–Trinajstić information content (AvgIpc) is 2.91. The van der Waals surface area contributed by atoms with Crippen LogP contribution < -0.4 is 10.6 Å². The summed E-state index contributed by atoms with van der Waals surface area (Å²) in [6, 6.07) is 9.18. The topological polar surface area (TPSA) is 69.8 Å². The lowest BCUT2D eigenvalue weighted by atomic mass is 10.1. The summed E-state index contributed by atoms with van der Waals surface area (Å²) in [4.78, 5) is 11.6. The van der Waals surface area contributed by atoms with Gasteiger partial charge < -0.3 is 10.6 Å². The van der Waals surface area contributed by atoms with Gasteiger partial charge in [-0.05, 0) is 30.7 Å². The van der Waals surface area contributed by atoms with Crippen LogP contribution in [0.5, 0.6) is 0 Å². The Balaban J connectivity index is 1.95. The Morgan fingerprint density at radius 3 is 2.63 bits per heavy atom. The number of amides is 2. The van der Waals surface area contributed by atoms with E-state index >= 15 is 0 Å². The van der Waals surface area contributed by atoms with Crippen molar-refractivity contribution in [2.75, 3.05) is 11.9 Å². The Hall–Kier alpha value is -2.56. The second-order valence-electron chi connectivity index (χ2n) is 4.31. The number of benzene rings is 1. The summed E-state index contributed by atoms with van der Waals surface area (Å²) < 4.78 is 0.